The Balaban J connectivity index is 1.44. The predicted octanol–water partition coefficient (Wildman–Crippen LogP) is 5.39. The first kappa shape index (κ1) is 27.7. The minimum Gasteiger partial charge on any atom is -0.337 e. The Morgan fingerprint density at radius 3 is 2.55 bits per heavy atom. The van der Waals surface area contributed by atoms with E-state index in [-0.39, 0.29) is 35.5 Å². The fraction of sp³-hybridized carbons (Fsp3) is 0.267. The Labute approximate surface area is 232 Å². The molecule has 2 atom stereocenters. The van der Waals surface area contributed by atoms with Crippen LogP contribution >= 0.6 is 0 Å². The summed E-state index contributed by atoms with van der Waals surface area (Å²) in [4.78, 5) is 19.6. The highest BCUT2D eigenvalue weighted by atomic mass is 32.2. The molecular weight excluding hydrogens is 534 g/mol. The number of nitrogens with one attached hydrogen (secondary N) is 1. The fourth-order valence-corrected chi connectivity index (χ4v) is 6.37. The lowest BCUT2D eigenvalue weighted by atomic mass is 9.96. The molecule has 0 aliphatic heterocycles. The first-order chi connectivity index (χ1) is 19.1. The molecular formula is C30H30F2N4O3S. The summed E-state index contributed by atoms with van der Waals surface area (Å²) < 4.78 is 58.1. The Bertz CT molecular complexity index is 1650. The van der Waals surface area contributed by atoms with Gasteiger partial charge in [0.15, 0.2) is 0 Å². The molecule has 7 nitrogen and oxygen atoms in total. The second-order valence-corrected chi connectivity index (χ2v) is 11.9. The zero-order valence-electron chi connectivity index (χ0n) is 22.2. The minimum atomic E-state index is -3.97. The standard InChI is InChI=1S/C30H30F2N4O3S/c1-20(22-5-3-6-23(31)16-22)15-30(37)36(19-29-33-13-14-35(29)2)25-11-9-21-10-12-28(27(21)18-25)34-40(38,39)26-8-4-7-24(32)17-26/h3-9,11,13-14,16-18,20,28,34H,10,12,15,19H2,1-2H3/t20-,28+/m1/s1. The normalized spacial score (nSPS) is 15.6. The molecule has 10 heteroatoms. The number of carbonyl (C=O) groups excluding carboxylic acids is 1. The smallest absolute Gasteiger partial charge is 0.241 e. The van der Waals surface area contributed by atoms with E-state index < -0.39 is 21.9 Å². The first-order valence-corrected chi connectivity index (χ1v) is 14.5. The van der Waals surface area contributed by atoms with E-state index in [1.807, 2.05) is 36.7 Å². The van der Waals surface area contributed by atoms with Gasteiger partial charge in [0, 0.05) is 37.6 Å². The van der Waals surface area contributed by atoms with Crippen LogP contribution in [0.1, 0.15) is 54.2 Å². The molecule has 40 heavy (non-hydrogen) atoms. The van der Waals surface area contributed by atoms with Gasteiger partial charge < -0.3 is 9.47 Å². The molecule has 0 saturated carbocycles. The molecule has 0 unspecified atom stereocenters. The molecule has 1 N–H and O–H groups in total. The van der Waals surface area contributed by atoms with E-state index in [9.17, 15) is 22.0 Å². The Morgan fingerprint density at radius 1 is 1.10 bits per heavy atom. The minimum absolute atomic E-state index is 0.139. The summed E-state index contributed by atoms with van der Waals surface area (Å²) in [5, 5.41) is 0. The first-order valence-electron chi connectivity index (χ1n) is 13.0. The maximum Gasteiger partial charge on any atom is 0.241 e. The van der Waals surface area contributed by atoms with Gasteiger partial charge in [-0.25, -0.2) is 26.9 Å². The average molecular weight is 565 g/mol. The van der Waals surface area contributed by atoms with Crippen LogP contribution in [0.4, 0.5) is 14.5 Å². The number of hydrogen-bond donors (Lipinski definition) is 1. The number of rotatable bonds is 9. The number of aryl methyl sites for hydroxylation is 2. The number of benzene rings is 3. The third-order valence-corrected chi connectivity index (χ3v) is 8.81. The van der Waals surface area contributed by atoms with E-state index in [4.69, 9.17) is 0 Å². The Kier molecular flexibility index (Phi) is 7.82. The maximum atomic E-state index is 13.8. The lowest BCUT2D eigenvalue weighted by Gasteiger charge is -2.26. The summed E-state index contributed by atoms with van der Waals surface area (Å²) in [6.07, 6.45) is 4.80. The summed E-state index contributed by atoms with van der Waals surface area (Å²) >= 11 is 0. The summed E-state index contributed by atoms with van der Waals surface area (Å²) in [7, 11) is -2.12. The molecule has 208 valence electrons. The van der Waals surface area contributed by atoms with Crippen molar-refractivity contribution in [3.05, 3.63) is 113 Å². The van der Waals surface area contributed by atoms with Gasteiger partial charge in [0.05, 0.1) is 11.4 Å². The molecule has 3 aromatic carbocycles. The second-order valence-electron chi connectivity index (χ2n) is 10.1. The van der Waals surface area contributed by atoms with Crippen LogP contribution in [0, 0.1) is 11.6 Å². The molecule has 5 rings (SSSR count). The lowest BCUT2D eigenvalue weighted by molar-refractivity contribution is -0.119. The van der Waals surface area contributed by atoms with Gasteiger partial charge in [-0.15, -0.1) is 0 Å². The molecule has 4 aromatic rings. The van der Waals surface area contributed by atoms with E-state index in [1.165, 1.54) is 30.3 Å². The number of nitrogens with zero attached hydrogens (tertiary/aromatic N) is 3. The molecule has 0 spiro atoms. The highest BCUT2D eigenvalue weighted by Gasteiger charge is 2.30. The Morgan fingerprint density at radius 2 is 1.85 bits per heavy atom. The number of sulfonamides is 1. The molecule has 0 fully saturated rings. The molecule has 1 amide bonds. The number of fused-ring (bicyclic) bond motifs is 1. The van der Waals surface area contributed by atoms with Gasteiger partial charge in [0.25, 0.3) is 0 Å². The number of anilines is 1. The van der Waals surface area contributed by atoms with Crippen LogP contribution in [0.2, 0.25) is 0 Å². The molecule has 0 saturated heterocycles. The van der Waals surface area contributed by atoms with Crippen molar-refractivity contribution in [1.82, 2.24) is 14.3 Å². The molecule has 0 bridgehead atoms. The van der Waals surface area contributed by atoms with Crippen LogP contribution in [0.3, 0.4) is 0 Å². The molecule has 1 aromatic heterocycles. The third kappa shape index (κ3) is 5.97. The lowest BCUT2D eigenvalue weighted by Crippen LogP contribution is -2.32. The largest absolute Gasteiger partial charge is 0.337 e. The van der Waals surface area contributed by atoms with Crippen molar-refractivity contribution in [2.45, 2.75) is 49.6 Å². The SMILES string of the molecule is C[C@H](CC(=O)N(Cc1nccn1C)c1ccc2c(c1)[C@@H](NS(=O)(=O)c1cccc(F)c1)CC2)c1cccc(F)c1. The second kappa shape index (κ2) is 11.3. The van der Waals surface area contributed by atoms with Gasteiger partial charge >= 0.3 is 0 Å². The topological polar surface area (TPSA) is 84.3 Å². The quantitative estimate of drug-likeness (QED) is 0.296. The zero-order chi connectivity index (χ0) is 28.4. The van der Waals surface area contributed by atoms with Crippen molar-refractivity contribution < 1.29 is 22.0 Å². The molecule has 1 aliphatic carbocycles. The van der Waals surface area contributed by atoms with Crippen molar-refractivity contribution in [2.75, 3.05) is 4.90 Å². The van der Waals surface area contributed by atoms with Gasteiger partial charge in [-0.05, 0) is 77.9 Å². The van der Waals surface area contributed by atoms with Gasteiger partial charge in [-0.2, -0.15) is 0 Å². The van der Waals surface area contributed by atoms with Gasteiger partial charge in [-0.3, -0.25) is 4.79 Å². The fourth-order valence-electron chi connectivity index (χ4n) is 5.09. The van der Waals surface area contributed by atoms with Crippen molar-refractivity contribution in [2.24, 2.45) is 7.05 Å². The van der Waals surface area contributed by atoms with Crippen LogP contribution in [0.25, 0.3) is 0 Å². The molecule has 1 heterocycles. The van der Waals surface area contributed by atoms with Crippen molar-refractivity contribution in [3.63, 3.8) is 0 Å². The number of carbonyl (C=O) groups is 1. The predicted molar refractivity (Wildman–Crippen MR) is 148 cm³/mol. The summed E-state index contributed by atoms with van der Waals surface area (Å²) in [6, 6.07) is 16.2. The third-order valence-electron chi connectivity index (χ3n) is 7.34. The van der Waals surface area contributed by atoms with Crippen LogP contribution in [0.5, 0.6) is 0 Å². The Hall–Kier alpha value is -3.89. The molecule has 1 aliphatic rings. The summed E-state index contributed by atoms with van der Waals surface area (Å²) in [5.74, 6) is -0.711. The number of imidazole rings is 1. The summed E-state index contributed by atoms with van der Waals surface area (Å²) in [6.45, 7) is 2.09. The van der Waals surface area contributed by atoms with Crippen molar-refractivity contribution >= 4 is 21.6 Å². The van der Waals surface area contributed by atoms with E-state index >= 15 is 0 Å². The number of amides is 1. The van der Waals surface area contributed by atoms with Crippen LogP contribution in [-0.4, -0.2) is 23.9 Å². The summed E-state index contributed by atoms with van der Waals surface area (Å²) in [5.41, 5.74) is 3.09. The van der Waals surface area contributed by atoms with Gasteiger partial charge in [-0.1, -0.05) is 31.2 Å². The van der Waals surface area contributed by atoms with E-state index in [1.54, 1.807) is 29.4 Å². The highest BCUT2D eigenvalue weighted by molar-refractivity contribution is 7.89. The van der Waals surface area contributed by atoms with Crippen LogP contribution < -0.4 is 9.62 Å². The maximum absolute atomic E-state index is 13.8. The number of hydrogen-bond acceptors (Lipinski definition) is 4. The number of halogens is 2. The van der Waals surface area contributed by atoms with Crippen molar-refractivity contribution in [3.8, 4) is 0 Å². The van der Waals surface area contributed by atoms with Crippen LogP contribution in [0.15, 0.2) is 84.0 Å². The van der Waals surface area contributed by atoms with Gasteiger partial charge in [0.1, 0.15) is 17.5 Å². The average Bonchev–Trinajstić information content (AvgIpc) is 3.51. The van der Waals surface area contributed by atoms with Crippen molar-refractivity contribution in [1.29, 1.82) is 0 Å². The monoisotopic (exact) mass is 564 g/mol. The van der Waals surface area contributed by atoms with Crippen LogP contribution in [-0.2, 0) is 34.8 Å². The highest BCUT2D eigenvalue weighted by Crippen LogP contribution is 2.36. The number of aromatic nitrogens is 2. The zero-order valence-corrected chi connectivity index (χ0v) is 23.0. The van der Waals surface area contributed by atoms with Gasteiger partial charge in [0.2, 0.25) is 15.9 Å². The van der Waals surface area contributed by atoms with E-state index in [2.05, 4.69) is 9.71 Å². The van der Waals surface area contributed by atoms with E-state index in [0.717, 1.165) is 22.8 Å². The molecule has 0 radical (unpaired) electrons. The van der Waals surface area contributed by atoms with E-state index in [0.29, 0.717) is 24.4 Å².